The zero-order valence-corrected chi connectivity index (χ0v) is 16.1. The first-order valence-electron chi connectivity index (χ1n) is 8.84. The minimum absolute atomic E-state index is 0.0527. The van der Waals surface area contributed by atoms with Crippen LogP contribution in [0.5, 0.6) is 0 Å². The van der Waals surface area contributed by atoms with Gasteiger partial charge in [0.15, 0.2) is 11.0 Å². The van der Waals surface area contributed by atoms with Gasteiger partial charge < -0.3 is 0 Å². The molecule has 2 aromatic rings. The number of aromatic nitrogens is 3. The molecule has 1 amide bonds. The zero-order chi connectivity index (χ0) is 18.4. The van der Waals surface area contributed by atoms with E-state index in [0.717, 1.165) is 36.3 Å². The molecule has 0 N–H and O–H groups in total. The van der Waals surface area contributed by atoms with Gasteiger partial charge in [0.25, 0.3) is 0 Å². The SMILES string of the molecule is CON(C)C(=O)CCSc1nnc(CN2CCCC2)n1-c1ccccc1. The number of hydrogen-bond acceptors (Lipinski definition) is 6. The van der Waals surface area contributed by atoms with E-state index < -0.39 is 0 Å². The van der Waals surface area contributed by atoms with Gasteiger partial charge in [-0.05, 0) is 38.1 Å². The molecule has 0 aliphatic carbocycles. The Bertz CT molecular complexity index is 716. The van der Waals surface area contributed by atoms with Gasteiger partial charge >= 0.3 is 0 Å². The molecule has 7 nitrogen and oxygen atoms in total. The molecule has 0 unspecified atom stereocenters. The highest BCUT2D eigenvalue weighted by Crippen LogP contribution is 2.24. The van der Waals surface area contributed by atoms with Gasteiger partial charge in [-0.25, -0.2) is 5.06 Å². The zero-order valence-electron chi connectivity index (χ0n) is 15.3. The topological polar surface area (TPSA) is 63.5 Å². The Morgan fingerprint density at radius 1 is 1.23 bits per heavy atom. The standard InChI is InChI=1S/C18H25N5O2S/c1-21(25-2)17(24)10-13-26-18-20-19-16(14-22-11-6-7-12-22)23(18)15-8-4-3-5-9-15/h3-5,8-9H,6-7,10-14H2,1-2H3. The number of carbonyl (C=O) groups is 1. The van der Waals surface area contributed by atoms with Gasteiger partial charge in [0, 0.05) is 24.9 Å². The largest absolute Gasteiger partial charge is 0.296 e. The second-order valence-corrected chi connectivity index (χ2v) is 7.29. The monoisotopic (exact) mass is 375 g/mol. The van der Waals surface area contributed by atoms with Crippen molar-refractivity contribution in [3.8, 4) is 5.69 Å². The van der Waals surface area contributed by atoms with E-state index in [-0.39, 0.29) is 5.91 Å². The van der Waals surface area contributed by atoms with Crippen LogP contribution in [0.3, 0.4) is 0 Å². The van der Waals surface area contributed by atoms with Crippen LogP contribution < -0.4 is 0 Å². The van der Waals surface area contributed by atoms with Crippen molar-refractivity contribution < 1.29 is 9.63 Å². The highest BCUT2D eigenvalue weighted by atomic mass is 32.2. The smallest absolute Gasteiger partial charge is 0.246 e. The third-order valence-corrected chi connectivity index (χ3v) is 5.38. The minimum Gasteiger partial charge on any atom is -0.296 e. The van der Waals surface area contributed by atoms with Crippen LogP contribution in [0.4, 0.5) is 0 Å². The summed E-state index contributed by atoms with van der Waals surface area (Å²) in [7, 11) is 3.11. The van der Waals surface area contributed by atoms with E-state index in [1.54, 1.807) is 18.8 Å². The van der Waals surface area contributed by atoms with Gasteiger partial charge in [-0.15, -0.1) is 10.2 Å². The lowest BCUT2D eigenvalue weighted by atomic mass is 10.3. The molecule has 8 heteroatoms. The van der Waals surface area contributed by atoms with Crippen LogP contribution in [0.25, 0.3) is 5.69 Å². The lowest BCUT2D eigenvalue weighted by Crippen LogP contribution is -2.25. The van der Waals surface area contributed by atoms with Crippen molar-refractivity contribution in [3.63, 3.8) is 0 Å². The average Bonchev–Trinajstić information content (AvgIpc) is 3.32. The Balaban J connectivity index is 1.74. The summed E-state index contributed by atoms with van der Waals surface area (Å²) in [5.41, 5.74) is 1.05. The molecule has 1 aliphatic heterocycles. The van der Waals surface area contributed by atoms with Crippen LogP contribution >= 0.6 is 11.8 Å². The molecule has 0 saturated carbocycles. The number of amides is 1. The number of hydrogen-bond donors (Lipinski definition) is 0. The number of likely N-dealkylation sites (tertiary alicyclic amines) is 1. The highest BCUT2D eigenvalue weighted by Gasteiger charge is 2.19. The lowest BCUT2D eigenvalue weighted by Gasteiger charge is -2.16. The molecule has 1 saturated heterocycles. The number of nitrogens with zero attached hydrogens (tertiary/aromatic N) is 5. The lowest BCUT2D eigenvalue weighted by molar-refractivity contribution is -0.168. The van der Waals surface area contributed by atoms with E-state index in [1.807, 2.05) is 18.2 Å². The number of thioether (sulfide) groups is 1. The molecule has 1 aromatic heterocycles. The summed E-state index contributed by atoms with van der Waals surface area (Å²) in [5, 5.41) is 10.9. The predicted molar refractivity (Wildman–Crippen MR) is 101 cm³/mol. The number of rotatable bonds is 8. The Kier molecular flexibility index (Phi) is 6.65. The molecule has 0 spiro atoms. The minimum atomic E-state index is -0.0527. The van der Waals surface area contributed by atoms with E-state index in [4.69, 9.17) is 4.84 Å². The van der Waals surface area contributed by atoms with Gasteiger partial charge in [-0.3, -0.25) is 19.1 Å². The first-order chi connectivity index (χ1) is 12.7. The van der Waals surface area contributed by atoms with Crippen LogP contribution in [0.1, 0.15) is 25.1 Å². The van der Waals surface area contributed by atoms with Gasteiger partial charge in [-0.2, -0.15) is 0 Å². The van der Waals surface area contributed by atoms with Gasteiger partial charge in [0.05, 0.1) is 13.7 Å². The van der Waals surface area contributed by atoms with Crippen LogP contribution in [-0.4, -0.2) is 63.6 Å². The Morgan fingerprint density at radius 2 is 1.96 bits per heavy atom. The first kappa shape index (κ1) is 18.9. The first-order valence-corrected chi connectivity index (χ1v) is 9.83. The van der Waals surface area contributed by atoms with Crippen molar-refractivity contribution in [2.24, 2.45) is 0 Å². The maximum atomic E-state index is 11.9. The third-order valence-electron chi connectivity index (χ3n) is 4.45. The quantitative estimate of drug-likeness (QED) is 0.521. The van der Waals surface area contributed by atoms with Crippen molar-refractivity contribution >= 4 is 17.7 Å². The van der Waals surface area contributed by atoms with E-state index in [2.05, 4.69) is 31.8 Å². The van der Waals surface area contributed by atoms with Crippen LogP contribution in [-0.2, 0) is 16.2 Å². The molecule has 1 fully saturated rings. The molecule has 0 bridgehead atoms. The van der Waals surface area contributed by atoms with Gasteiger partial charge in [0.2, 0.25) is 5.91 Å². The average molecular weight is 375 g/mol. The number of hydroxylamine groups is 2. The van der Waals surface area contributed by atoms with Crippen molar-refractivity contribution in [1.29, 1.82) is 0 Å². The molecule has 2 heterocycles. The molecular formula is C18H25N5O2S. The fraction of sp³-hybridized carbons (Fsp3) is 0.500. The summed E-state index contributed by atoms with van der Waals surface area (Å²) < 4.78 is 2.10. The summed E-state index contributed by atoms with van der Waals surface area (Å²) >= 11 is 1.54. The van der Waals surface area contributed by atoms with Crippen molar-refractivity contribution in [2.75, 3.05) is 33.0 Å². The fourth-order valence-corrected chi connectivity index (χ4v) is 3.86. The summed E-state index contributed by atoms with van der Waals surface area (Å²) in [6, 6.07) is 10.1. The van der Waals surface area contributed by atoms with E-state index in [9.17, 15) is 4.79 Å². The van der Waals surface area contributed by atoms with E-state index >= 15 is 0 Å². The summed E-state index contributed by atoms with van der Waals surface area (Å²) in [5.74, 6) is 1.52. The molecular weight excluding hydrogens is 350 g/mol. The molecule has 1 aromatic carbocycles. The summed E-state index contributed by atoms with van der Waals surface area (Å²) in [6.07, 6.45) is 2.88. The van der Waals surface area contributed by atoms with Crippen molar-refractivity contribution in [1.82, 2.24) is 24.7 Å². The molecule has 140 valence electrons. The third kappa shape index (κ3) is 4.63. The van der Waals surface area contributed by atoms with Crippen LogP contribution in [0.15, 0.2) is 35.5 Å². The highest BCUT2D eigenvalue weighted by molar-refractivity contribution is 7.99. The Hall–Kier alpha value is -1.90. The normalized spacial score (nSPS) is 14.7. The van der Waals surface area contributed by atoms with Gasteiger partial charge in [-0.1, -0.05) is 30.0 Å². The number of para-hydroxylation sites is 1. The van der Waals surface area contributed by atoms with E-state index in [1.165, 1.54) is 25.0 Å². The maximum absolute atomic E-state index is 11.9. The molecule has 1 aliphatic rings. The van der Waals surface area contributed by atoms with E-state index in [0.29, 0.717) is 12.2 Å². The Morgan fingerprint density at radius 3 is 2.65 bits per heavy atom. The maximum Gasteiger partial charge on any atom is 0.246 e. The summed E-state index contributed by atoms with van der Waals surface area (Å²) in [4.78, 5) is 19.2. The molecule has 26 heavy (non-hydrogen) atoms. The van der Waals surface area contributed by atoms with Crippen LogP contribution in [0, 0.1) is 0 Å². The second-order valence-electron chi connectivity index (χ2n) is 6.23. The second kappa shape index (κ2) is 9.16. The molecule has 3 rings (SSSR count). The molecule has 0 radical (unpaired) electrons. The van der Waals surface area contributed by atoms with Gasteiger partial charge in [0.1, 0.15) is 0 Å². The summed E-state index contributed by atoms with van der Waals surface area (Å²) in [6.45, 7) is 3.03. The Labute approximate surface area is 158 Å². The van der Waals surface area contributed by atoms with Crippen molar-refractivity contribution in [3.05, 3.63) is 36.2 Å². The predicted octanol–water partition coefficient (Wildman–Crippen LogP) is 2.37. The fourth-order valence-electron chi connectivity index (χ4n) is 2.96. The number of carbonyl (C=O) groups excluding carboxylic acids is 1. The number of benzene rings is 1. The molecule has 0 atom stereocenters. The van der Waals surface area contributed by atoms with Crippen LogP contribution in [0.2, 0.25) is 0 Å². The van der Waals surface area contributed by atoms with Crippen molar-refractivity contribution in [2.45, 2.75) is 31.0 Å².